The summed E-state index contributed by atoms with van der Waals surface area (Å²) >= 11 is 0. The average Bonchev–Trinajstić information content (AvgIpc) is 2.63. The van der Waals surface area contributed by atoms with Gasteiger partial charge in [-0.05, 0) is 37.7 Å². The van der Waals surface area contributed by atoms with Gasteiger partial charge in [0.25, 0.3) is 0 Å². The molecule has 0 atom stereocenters. The minimum Gasteiger partial charge on any atom is -0.331 e. The molecule has 0 fully saturated rings. The van der Waals surface area contributed by atoms with Crippen molar-refractivity contribution in [2.75, 3.05) is 13.6 Å². The third kappa shape index (κ3) is 2.41. The van der Waals surface area contributed by atoms with Crippen LogP contribution in [0.3, 0.4) is 0 Å². The van der Waals surface area contributed by atoms with E-state index >= 15 is 0 Å². The van der Waals surface area contributed by atoms with E-state index in [-0.39, 0.29) is 5.41 Å². The van der Waals surface area contributed by atoms with Crippen LogP contribution in [0.2, 0.25) is 0 Å². The predicted molar refractivity (Wildman–Crippen MR) is 77.0 cm³/mol. The molecule has 0 saturated heterocycles. The normalized spacial score (nSPS) is 12.3. The van der Waals surface area contributed by atoms with Crippen molar-refractivity contribution in [3.05, 3.63) is 29.6 Å². The Morgan fingerprint density at radius 1 is 1.28 bits per heavy atom. The van der Waals surface area contributed by atoms with Crippen molar-refractivity contribution in [1.82, 2.24) is 14.9 Å². The minimum atomic E-state index is 0.0822. The van der Waals surface area contributed by atoms with Gasteiger partial charge in [-0.2, -0.15) is 0 Å². The van der Waals surface area contributed by atoms with Crippen LogP contribution in [0.25, 0.3) is 11.0 Å². The number of aryl methyl sites for hydroxylation is 1. The van der Waals surface area contributed by atoms with E-state index in [1.54, 1.807) is 0 Å². The number of likely N-dealkylation sites (N-methyl/N-ethyl adjacent to an activating group) is 1. The second kappa shape index (κ2) is 4.73. The first-order chi connectivity index (χ1) is 8.43. The van der Waals surface area contributed by atoms with Crippen LogP contribution in [-0.2, 0) is 18.9 Å². The third-order valence-electron chi connectivity index (χ3n) is 3.28. The molecular weight excluding hydrogens is 222 g/mol. The zero-order valence-electron chi connectivity index (χ0n) is 12.0. The summed E-state index contributed by atoms with van der Waals surface area (Å²) in [6, 6.07) is 6.60. The van der Waals surface area contributed by atoms with Gasteiger partial charge in [0.15, 0.2) is 0 Å². The lowest BCUT2D eigenvalue weighted by Gasteiger charge is -2.17. The highest BCUT2D eigenvalue weighted by atomic mass is 15.1. The van der Waals surface area contributed by atoms with Gasteiger partial charge in [-0.3, -0.25) is 0 Å². The Bertz CT molecular complexity index is 547. The molecule has 3 heteroatoms. The molecule has 0 aliphatic carbocycles. The fraction of sp³-hybridized carbons (Fsp3) is 0.533. The van der Waals surface area contributed by atoms with Gasteiger partial charge in [-0.15, -0.1) is 0 Å². The fourth-order valence-corrected chi connectivity index (χ4v) is 2.34. The van der Waals surface area contributed by atoms with E-state index in [1.165, 1.54) is 11.1 Å². The maximum absolute atomic E-state index is 4.79. The van der Waals surface area contributed by atoms with E-state index in [0.29, 0.717) is 0 Å². The topological polar surface area (TPSA) is 29.9 Å². The molecule has 0 aliphatic heterocycles. The molecule has 1 aromatic heterocycles. The lowest BCUT2D eigenvalue weighted by molar-refractivity contribution is 0.526. The highest BCUT2D eigenvalue weighted by molar-refractivity contribution is 5.77. The van der Waals surface area contributed by atoms with Crippen molar-refractivity contribution >= 4 is 11.0 Å². The molecule has 2 aromatic rings. The zero-order valence-corrected chi connectivity index (χ0v) is 12.0. The largest absolute Gasteiger partial charge is 0.331 e. The molecule has 0 amide bonds. The van der Waals surface area contributed by atoms with Crippen LogP contribution < -0.4 is 5.32 Å². The summed E-state index contributed by atoms with van der Waals surface area (Å²) in [4.78, 5) is 4.79. The van der Waals surface area contributed by atoms with Crippen molar-refractivity contribution in [1.29, 1.82) is 0 Å². The van der Waals surface area contributed by atoms with Gasteiger partial charge < -0.3 is 9.88 Å². The minimum absolute atomic E-state index is 0.0822. The Hall–Kier alpha value is -1.35. The molecular formula is C15H23N3. The fourth-order valence-electron chi connectivity index (χ4n) is 2.34. The molecule has 18 heavy (non-hydrogen) atoms. The SMILES string of the molecule is CNCCc1ccc2c(c1)nc(C(C)(C)C)n2C. The van der Waals surface area contributed by atoms with Gasteiger partial charge in [0.2, 0.25) is 0 Å². The number of hydrogen-bond acceptors (Lipinski definition) is 2. The van der Waals surface area contributed by atoms with Gasteiger partial charge in [-0.25, -0.2) is 4.98 Å². The zero-order chi connectivity index (χ0) is 13.3. The first-order valence-electron chi connectivity index (χ1n) is 6.54. The highest BCUT2D eigenvalue weighted by Crippen LogP contribution is 2.25. The standard InChI is InChI=1S/C15H23N3/c1-15(2,3)14-17-12-10-11(8-9-16-4)6-7-13(12)18(14)5/h6-7,10,16H,8-9H2,1-5H3. The van der Waals surface area contributed by atoms with E-state index in [2.05, 4.69) is 55.9 Å². The van der Waals surface area contributed by atoms with E-state index in [0.717, 1.165) is 24.3 Å². The van der Waals surface area contributed by atoms with Crippen LogP contribution in [0.4, 0.5) is 0 Å². The first kappa shape index (κ1) is 13.1. The van der Waals surface area contributed by atoms with Gasteiger partial charge in [0.1, 0.15) is 5.82 Å². The van der Waals surface area contributed by atoms with Crippen LogP contribution >= 0.6 is 0 Å². The number of rotatable bonds is 3. The lowest BCUT2D eigenvalue weighted by atomic mass is 9.96. The molecule has 1 N–H and O–H groups in total. The highest BCUT2D eigenvalue weighted by Gasteiger charge is 2.21. The van der Waals surface area contributed by atoms with Gasteiger partial charge in [-0.1, -0.05) is 26.8 Å². The Balaban J connectivity index is 2.45. The second-order valence-electron chi connectivity index (χ2n) is 5.92. The first-order valence-corrected chi connectivity index (χ1v) is 6.54. The summed E-state index contributed by atoms with van der Waals surface area (Å²) in [7, 11) is 4.08. The summed E-state index contributed by atoms with van der Waals surface area (Å²) < 4.78 is 2.21. The number of aromatic nitrogens is 2. The van der Waals surface area contributed by atoms with Crippen molar-refractivity contribution in [2.45, 2.75) is 32.6 Å². The summed E-state index contributed by atoms with van der Waals surface area (Å²) in [5, 5.41) is 3.18. The summed E-state index contributed by atoms with van der Waals surface area (Å²) in [5.74, 6) is 1.14. The molecule has 0 spiro atoms. The lowest BCUT2D eigenvalue weighted by Crippen LogP contribution is -2.17. The van der Waals surface area contributed by atoms with Crippen molar-refractivity contribution in [3.63, 3.8) is 0 Å². The molecule has 0 aliphatic rings. The monoisotopic (exact) mass is 245 g/mol. The molecule has 0 bridgehead atoms. The van der Waals surface area contributed by atoms with Crippen LogP contribution in [0, 0.1) is 0 Å². The number of benzene rings is 1. The summed E-state index contributed by atoms with van der Waals surface area (Å²) in [5.41, 5.74) is 3.75. The van der Waals surface area contributed by atoms with E-state index in [1.807, 2.05) is 7.05 Å². The molecule has 3 nitrogen and oxygen atoms in total. The van der Waals surface area contributed by atoms with Crippen molar-refractivity contribution < 1.29 is 0 Å². The molecule has 0 radical (unpaired) electrons. The van der Waals surface area contributed by atoms with Gasteiger partial charge >= 0.3 is 0 Å². The van der Waals surface area contributed by atoms with Crippen LogP contribution in [0.5, 0.6) is 0 Å². The van der Waals surface area contributed by atoms with E-state index < -0.39 is 0 Å². The summed E-state index contributed by atoms with van der Waals surface area (Å²) in [6.07, 6.45) is 1.05. The maximum atomic E-state index is 4.79. The Kier molecular flexibility index (Phi) is 3.44. The number of nitrogens with zero attached hydrogens (tertiary/aromatic N) is 2. The van der Waals surface area contributed by atoms with E-state index in [9.17, 15) is 0 Å². The third-order valence-corrected chi connectivity index (χ3v) is 3.28. The Labute approximate surface area is 109 Å². The maximum Gasteiger partial charge on any atom is 0.115 e. The quantitative estimate of drug-likeness (QED) is 0.901. The molecule has 1 aromatic carbocycles. The number of hydrogen-bond donors (Lipinski definition) is 1. The number of fused-ring (bicyclic) bond motifs is 1. The number of nitrogens with one attached hydrogen (secondary N) is 1. The van der Waals surface area contributed by atoms with Crippen LogP contribution in [-0.4, -0.2) is 23.1 Å². The Morgan fingerprint density at radius 2 is 2.00 bits per heavy atom. The smallest absolute Gasteiger partial charge is 0.115 e. The van der Waals surface area contributed by atoms with Gasteiger partial charge in [0, 0.05) is 12.5 Å². The average molecular weight is 245 g/mol. The Morgan fingerprint density at radius 3 is 2.61 bits per heavy atom. The van der Waals surface area contributed by atoms with Gasteiger partial charge in [0.05, 0.1) is 11.0 Å². The van der Waals surface area contributed by atoms with Crippen molar-refractivity contribution in [3.8, 4) is 0 Å². The molecule has 98 valence electrons. The predicted octanol–water partition coefficient (Wildman–Crippen LogP) is 2.63. The summed E-state index contributed by atoms with van der Waals surface area (Å²) in [6.45, 7) is 7.62. The molecule has 2 rings (SSSR count). The molecule has 1 heterocycles. The second-order valence-corrected chi connectivity index (χ2v) is 5.92. The molecule has 0 unspecified atom stereocenters. The number of imidazole rings is 1. The molecule has 0 saturated carbocycles. The van der Waals surface area contributed by atoms with Crippen LogP contribution in [0.1, 0.15) is 32.2 Å². The van der Waals surface area contributed by atoms with Crippen molar-refractivity contribution in [2.24, 2.45) is 7.05 Å². The van der Waals surface area contributed by atoms with Crippen LogP contribution in [0.15, 0.2) is 18.2 Å². The van der Waals surface area contributed by atoms with E-state index in [4.69, 9.17) is 4.98 Å².